The molecule has 0 spiro atoms. The molecule has 2 heterocycles. The van der Waals surface area contributed by atoms with Crippen LogP contribution in [0.25, 0.3) is 0 Å². The fourth-order valence-electron chi connectivity index (χ4n) is 2.81. The lowest BCUT2D eigenvalue weighted by atomic mass is 10.2. The van der Waals surface area contributed by atoms with Gasteiger partial charge >= 0.3 is 6.03 Å². The Morgan fingerprint density at radius 3 is 2.80 bits per heavy atom. The predicted molar refractivity (Wildman–Crippen MR) is 97.4 cm³/mol. The van der Waals surface area contributed by atoms with E-state index in [4.69, 9.17) is 11.6 Å². The Kier molecular flexibility index (Phi) is 5.04. The summed E-state index contributed by atoms with van der Waals surface area (Å²) in [5.74, 6) is -0.678. The SMILES string of the molecule is CC1CS(=O)(=O)C(c2cccs2)CN1C(=O)Nc1ccc(F)c(Cl)c1. The maximum Gasteiger partial charge on any atom is 0.322 e. The summed E-state index contributed by atoms with van der Waals surface area (Å²) < 4.78 is 38.2. The van der Waals surface area contributed by atoms with E-state index in [1.165, 1.54) is 28.4 Å². The number of benzene rings is 1. The maximum atomic E-state index is 13.2. The van der Waals surface area contributed by atoms with Gasteiger partial charge < -0.3 is 10.2 Å². The number of amides is 2. The monoisotopic (exact) mass is 402 g/mol. The minimum Gasteiger partial charge on any atom is -0.319 e. The third-order valence-electron chi connectivity index (χ3n) is 4.09. The highest BCUT2D eigenvalue weighted by molar-refractivity contribution is 7.91. The van der Waals surface area contributed by atoms with Gasteiger partial charge in [0, 0.05) is 23.2 Å². The van der Waals surface area contributed by atoms with Crippen LogP contribution in [0, 0.1) is 5.82 Å². The summed E-state index contributed by atoms with van der Waals surface area (Å²) >= 11 is 7.08. The topological polar surface area (TPSA) is 66.5 Å². The molecule has 1 fully saturated rings. The molecule has 0 bridgehead atoms. The van der Waals surface area contributed by atoms with Crippen LogP contribution in [-0.2, 0) is 9.84 Å². The molecule has 134 valence electrons. The fraction of sp³-hybridized carbons (Fsp3) is 0.312. The van der Waals surface area contributed by atoms with Crippen LogP contribution in [-0.4, -0.2) is 37.7 Å². The van der Waals surface area contributed by atoms with Crippen molar-refractivity contribution >= 4 is 44.5 Å². The molecule has 5 nitrogen and oxygen atoms in total. The van der Waals surface area contributed by atoms with Crippen molar-refractivity contribution < 1.29 is 17.6 Å². The number of anilines is 1. The Hall–Kier alpha value is -1.64. The minimum absolute atomic E-state index is 0.0742. The molecular formula is C16H16ClFN2O3S2. The first-order valence-electron chi connectivity index (χ1n) is 7.55. The molecule has 3 rings (SSSR count). The zero-order chi connectivity index (χ0) is 18.2. The standard InChI is InChI=1S/C16H16ClFN2O3S2/c1-10-9-25(22,23)15(14-3-2-6-24-14)8-20(10)16(21)19-11-4-5-13(18)12(17)7-11/h2-7,10,15H,8-9H2,1H3,(H,19,21). The van der Waals surface area contributed by atoms with Crippen LogP contribution in [0.5, 0.6) is 0 Å². The molecule has 0 radical (unpaired) electrons. The smallest absolute Gasteiger partial charge is 0.319 e. The van der Waals surface area contributed by atoms with Gasteiger partial charge in [-0.25, -0.2) is 17.6 Å². The van der Waals surface area contributed by atoms with Crippen LogP contribution in [0.4, 0.5) is 14.9 Å². The molecule has 1 N–H and O–H groups in total. The molecule has 2 atom stereocenters. The Balaban J connectivity index is 1.80. The number of carbonyl (C=O) groups excluding carboxylic acids is 1. The summed E-state index contributed by atoms with van der Waals surface area (Å²) in [6.45, 7) is 1.77. The molecular weight excluding hydrogens is 387 g/mol. The van der Waals surface area contributed by atoms with Crippen molar-refractivity contribution in [1.82, 2.24) is 4.90 Å². The van der Waals surface area contributed by atoms with Crippen molar-refractivity contribution in [3.63, 3.8) is 0 Å². The lowest BCUT2D eigenvalue weighted by molar-refractivity contribution is 0.193. The Morgan fingerprint density at radius 2 is 2.16 bits per heavy atom. The summed E-state index contributed by atoms with van der Waals surface area (Å²) in [7, 11) is -3.33. The zero-order valence-electron chi connectivity index (χ0n) is 13.3. The summed E-state index contributed by atoms with van der Waals surface area (Å²) in [5.41, 5.74) is 0.352. The van der Waals surface area contributed by atoms with Crippen LogP contribution in [0.2, 0.25) is 5.02 Å². The molecule has 1 aromatic heterocycles. The van der Waals surface area contributed by atoms with Gasteiger partial charge in [-0.1, -0.05) is 17.7 Å². The number of thiophene rings is 1. The van der Waals surface area contributed by atoms with E-state index in [0.717, 1.165) is 10.9 Å². The van der Waals surface area contributed by atoms with E-state index in [1.807, 2.05) is 5.38 Å². The summed E-state index contributed by atoms with van der Waals surface area (Å²) in [4.78, 5) is 14.8. The van der Waals surface area contributed by atoms with E-state index in [1.54, 1.807) is 19.1 Å². The van der Waals surface area contributed by atoms with Crippen LogP contribution >= 0.6 is 22.9 Å². The second-order valence-electron chi connectivity index (χ2n) is 5.89. The first kappa shape index (κ1) is 18.2. The number of nitrogens with one attached hydrogen (secondary N) is 1. The van der Waals surface area contributed by atoms with Crippen LogP contribution in [0.3, 0.4) is 0 Å². The first-order chi connectivity index (χ1) is 11.8. The second-order valence-corrected chi connectivity index (χ2v) is 9.51. The highest BCUT2D eigenvalue weighted by Gasteiger charge is 2.40. The number of hydrogen-bond donors (Lipinski definition) is 1. The van der Waals surface area contributed by atoms with Crippen LogP contribution in [0.15, 0.2) is 35.7 Å². The number of halogens is 2. The Morgan fingerprint density at radius 1 is 1.40 bits per heavy atom. The molecule has 2 amide bonds. The van der Waals surface area contributed by atoms with Crippen molar-refractivity contribution in [3.8, 4) is 0 Å². The van der Waals surface area contributed by atoms with E-state index >= 15 is 0 Å². The molecule has 1 aliphatic heterocycles. The Labute approximate surface area is 154 Å². The van der Waals surface area contributed by atoms with E-state index < -0.39 is 33.0 Å². The average Bonchev–Trinajstić information content (AvgIpc) is 3.04. The fourth-order valence-corrected chi connectivity index (χ4v) is 6.20. The number of hydrogen-bond acceptors (Lipinski definition) is 4. The van der Waals surface area contributed by atoms with Crippen LogP contribution in [0.1, 0.15) is 17.1 Å². The van der Waals surface area contributed by atoms with Crippen molar-refractivity contribution in [2.75, 3.05) is 17.6 Å². The zero-order valence-corrected chi connectivity index (χ0v) is 15.7. The normalized spacial score (nSPS) is 22.6. The molecule has 1 aliphatic rings. The number of urea groups is 1. The van der Waals surface area contributed by atoms with Gasteiger partial charge in [0.05, 0.1) is 10.8 Å². The molecule has 0 aliphatic carbocycles. The largest absolute Gasteiger partial charge is 0.322 e. The molecule has 2 unspecified atom stereocenters. The highest BCUT2D eigenvalue weighted by Crippen LogP contribution is 2.33. The molecule has 1 aromatic carbocycles. The van der Waals surface area contributed by atoms with Crippen molar-refractivity contribution in [2.45, 2.75) is 18.2 Å². The maximum absolute atomic E-state index is 13.2. The van der Waals surface area contributed by atoms with E-state index in [2.05, 4.69) is 5.32 Å². The first-order valence-corrected chi connectivity index (χ1v) is 10.5. The van der Waals surface area contributed by atoms with Gasteiger partial charge in [0.2, 0.25) is 0 Å². The highest BCUT2D eigenvalue weighted by atomic mass is 35.5. The summed E-state index contributed by atoms with van der Waals surface area (Å²) in [6, 6.07) is 6.54. The van der Waals surface area contributed by atoms with Gasteiger partial charge in [0.1, 0.15) is 11.1 Å². The second kappa shape index (κ2) is 6.93. The third-order valence-corrected chi connectivity index (χ3v) is 7.74. The van der Waals surface area contributed by atoms with Gasteiger partial charge in [-0.2, -0.15) is 0 Å². The Bertz CT molecular complexity index is 887. The molecule has 1 saturated heterocycles. The van der Waals surface area contributed by atoms with Gasteiger partial charge in [0.25, 0.3) is 0 Å². The van der Waals surface area contributed by atoms with Gasteiger partial charge in [-0.15, -0.1) is 11.3 Å². The number of rotatable bonds is 2. The number of sulfone groups is 1. The quantitative estimate of drug-likeness (QED) is 0.827. The van der Waals surface area contributed by atoms with Crippen molar-refractivity contribution in [2.24, 2.45) is 0 Å². The molecule has 0 saturated carbocycles. The predicted octanol–water partition coefficient (Wildman–Crippen LogP) is 3.93. The van der Waals surface area contributed by atoms with Crippen molar-refractivity contribution in [1.29, 1.82) is 0 Å². The van der Waals surface area contributed by atoms with E-state index in [9.17, 15) is 17.6 Å². The summed E-state index contributed by atoms with van der Waals surface area (Å²) in [5, 5.41) is 3.64. The lowest BCUT2D eigenvalue weighted by Crippen LogP contribution is -2.52. The van der Waals surface area contributed by atoms with Crippen LogP contribution < -0.4 is 5.32 Å². The number of carbonyl (C=O) groups is 1. The summed E-state index contributed by atoms with van der Waals surface area (Å²) in [6.07, 6.45) is 0. The van der Waals surface area contributed by atoms with Gasteiger partial charge in [0.15, 0.2) is 9.84 Å². The minimum atomic E-state index is -3.33. The average molecular weight is 403 g/mol. The lowest BCUT2D eigenvalue weighted by Gasteiger charge is -2.37. The van der Waals surface area contributed by atoms with Gasteiger partial charge in [-0.3, -0.25) is 0 Å². The molecule has 9 heteroatoms. The van der Waals surface area contributed by atoms with Crippen molar-refractivity contribution in [3.05, 3.63) is 51.4 Å². The number of nitrogens with zero attached hydrogens (tertiary/aromatic N) is 1. The van der Waals surface area contributed by atoms with E-state index in [0.29, 0.717) is 5.69 Å². The molecule has 25 heavy (non-hydrogen) atoms. The molecule has 2 aromatic rings. The van der Waals surface area contributed by atoms with E-state index in [-0.39, 0.29) is 17.3 Å². The van der Waals surface area contributed by atoms with Gasteiger partial charge in [-0.05, 0) is 36.6 Å². The third kappa shape index (κ3) is 3.80.